The highest BCUT2D eigenvalue weighted by atomic mass is 16.2. The van der Waals surface area contributed by atoms with Crippen LogP contribution >= 0.6 is 0 Å². The van der Waals surface area contributed by atoms with E-state index in [9.17, 15) is 9.59 Å². The summed E-state index contributed by atoms with van der Waals surface area (Å²) in [5.74, 6) is -0.175. The number of amides is 2. The average molecular weight is 304 g/mol. The van der Waals surface area contributed by atoms with Gasteiger partial charge in [-0.3, -0.25) is 9.59 Å². The Hall–Kier alpha value is -1.58. The monoisotopic (exact) mass is 304 g/mol. The molecule has 4 nitrogen and oxygen atoms in total. The average Bonchev–Trinajstić information content (AvgIpc) is 2.51. The highest BCUT2D eigenvalue weighted by molar-refractivity contribution is 6.12. The molecule has 0 aliphatic heterocycles. The maximum absolute atomic E-state index is 12.6. The molecule has 22 heavy (non-hydrogen) atoms. The van der Waals surface area contributed by atoms with Crippen molar-refractivity contribution in [3.05, 3.63) is 22.3 Å². The Morgan fingerprint density at radius 2 is 1.14 bits per heavy atom. The van der Waals surface area contributed by atoms with Crippen molar-refractivity contribution in [3.63, 3.8) is 0 Å². The molecule has 2 N–H and O–H groups in total. The SMILES string of the molecule is CCCNC(=O)C1=C(C(=O)NCCC)C2(C)C(C)=C(C)C12C. The highest BCUT2D eigenvalue weighted by Crippen LogP contribution is 2.74. The third kappa shape index (κ3) is 1.82. The lowest BCUT2D eigenvalue weighted by Crippen LogP contribution is -2.64. The van der Waals surface area contributed by atoms with Crippen molar-refractivity contribution < 1.29 is 9.59 Å². The quantitative estimate of drug-likeness (QED) is 0.741. The van der Waals surface area contributed by atoms with E-state index in [1.807, 2.05) is 13.8 Å². The van der Waals surface area contributed by atoms with Crippen LogP contribution in [0.3, 0.4) is 0 Å². The number of carbonyl (C=O) groups excluding carboxylic acids is 2. The van der Waals surface area contributed by atoms with Crippen LogP contribution in [0, 0.1) is 10.8 Å². The minimum absolute atomic E-state index is 0.0877. The van der Waals surface area contributed by atoms with Crippen molar-refractivity contribution in [3.8, 4) is 0 Å². The third-order valence-electron chi connectivity index (χ3n) is 5.84. The van der Waals surface area contributed by atoms with Crippen LogP contribution in [0.5, 0.6) is 0 Å². The van der Waals surface area contributed by atoms with Gasteiger partial charge in [-0.1, -0.05) is 38.8 Å². The topological polar surface area (TPSA) is 58.2 Å². The van der Waals surface area contributed by atoms with E-state index in [-0.39, 0.29) is 22.6 Å². The van der Waals surface area contributed by atoms with Crippen molar-refractivity contribution in [2.75, 3.05) is 13.1 Å². The van der Waals surface area contributed by atoms with Crippen LogP contribution in [0.1, 0.15) is 54.4 Å². The van der Waals surface area contributed by atoms with E-state index in [4.69, 9.17) is 0 Å². The van der Waals surface area contributed by atoms with E-state index in [1.165, 1.54) is 11.1 Å². The first-order valence-corrected chi connectivity index (χ1v) is 8.28. The van der Waals surface area contributed by atoms with Gasteiger partial charge in [0.1, 0.15) is 0 Å². The number of hydrogen-bond donors (Lipinski definition) is 2. The van der Waals surface area contributed by atoms with Crippen molar-refractivity contribution in [2.24, 2.45) is 10.8 Å². The number of carbonyl (C=O) groups is 2. The first-order valence-electron chi connectivity index (χ1n) is 8.28. The van der Waals surface area contributed by atoms with E-state index in [0.29, 0.717) is 24.2 Å². The molecule has 122 valence electrons. The summed E-state index contributed by atoms with van der Waals surface area (Å²) < 4.78 is 0. The molecule has 2 unspecified atom stereocenters. The second-order valence-corrected chi connectivity index (χ2v) is 6.76. The predicted molar refractivity (Wildman–Crippen MR) is 88.2 cm³/mol. The molecule has 0 aromatic rings. The molecule has 0 aromatic heterocycles. The van der Waals surface area contributed by atoms with Gasteiger partial charge in [0.2, 0.25) is 11.8 Å². The van der Waals surface area contributed by atoms with Gasteiger partial charge in [0.25, 0.3) is 0 Å². The zero-order chi connectivity index (χ0) is 16.7. The first kappa shape index (κ1) is 16.8. The standard InChI is InChI=1S/C18H28N2O2/c1-7-9-19-15(21)13-14(16(22)20-10-8-2)18(6)12(4)11(3)17(13,18)5/h7-10H2,1-6H3,(H,19,21)(H,20,22). The van der Waals surface area contributed by atoms with Gasteiger partial charge in [-0.05, 0) is 26.7 Å². The lowest BCUT2D eigenvalue weighted by atomic mass is 9.35. The Morgan fingerprint density at radius 1 is 0.818 bits per heavy atom. The van der Waals surface area contributed by atoms with E-state index in [1.54, 1.807) is 0 Å². The fourth-order valence-corrected chi connectivity index (χ4v) is 4.09. The molecule has 0 spiro atoms. The molecule has 2 amide bonds. The fourth-order valence-electron chi connectivity index (χ4n) is 4.09. The van der Waals surface area contributed by atoms with Gasteiger partial charge < -0.3 is 10.6 Å². The Balaban J connectivity index is 2.41. The van der Waals surface area contributed by atoms with Crippen LogP contribution in [0.15, 0.2) is 22.3 Å². The molecular formula is C18H28N2O2. The van der Waals surface area contributed by atoms with E-state index >= 15 is 0 Å². The van der Waals surface area contributed by atoms with Crippen molar-refractivity contribution in [1.82, 2.24) is 10.6 Å². The van der Waals surface area contributed by atoms with Crippen LogP contribution in [0.2, 0.25) is 0 Å². The van der Waals surface area contributed by atoms with Crippen LogP contribution in [-0.4, -0.2) is 24.9 Å². The maximum Gasteiger partial charge on any atom is 0.248 e. The molecule has 0 bridgehead atoms. The number of allylic oxidation sites excluding steroid dienone is 2. The van der Waals surface area contributed by atoms with E-state index in [2.05, 4.69) is 38.3 Å². The summed E-state index contributed by atoms with van der Waals surface area (Å²) in [6.07, 6.45) is 1.77. The van der Waals surface area contributed by atoms with Crippen LogP contribution in [0.25, 0.3) is 0 Å². The fraction of sp³-hybridized carbons (Fsp3) is 0.667. The van der Waals surface area contributed by atoms with Gasteiger partial charge in [-0.25, -0.2) is 0 Å². The summed E-state index contributed by atoms with van der Waals surface area (Å²) in [7, 11) is 0. The largest absolute Gasteiger partial charge is 0.352 e. The number of nitrogens with one attached hydrogen (secondary N) is 2. The Kier molecular flexibility index (Phi) is 4.24. The van der Waals surface area contributed by atoms with Crippen LogP contribution in [0.4, 0.5) is 0 Å². The molecular weight excluding hydrogens is 276 g/mol. The minimum atomic E-state index is -0.298. The normalized spacial score (nSPS) is 29.5. The zero-order valence-electron chi connectivity index (χ0n) is 14.6. The van der Waals surface area contributed by atoms with Crippen LogP contribution in [-0.2, 0) is 9.59 Å². The van der Waals surface area contributed by atoms with Gasteiger partial charge in [-0.2, -0.15) is 0 Å². The van der Waals surface area contributed by atoms with Gasteiger partial charge in [0.15, 0.2) is 0 Å². The minimum Gasteiger partial charge on any atom is -0.352 e. The zero-order valence-corrected chi connectivity index (χ0v) is 14.6. The molecule has 2 aliphatic carbocycles. The van der Waals surface area contributed by atoms with Gasteiger partial charge in [-0.15, -0.1) is 0 Å². The molecule has 0 heterocycles. The summed E-state index contributed by atoms with van der Waals surface area (Å²) in [6.45, 7) is 13.7. The number of rotatable bonds is 6. The number of hydrogen-bond acceptors (Lipinski definition) is 2. The molecule has 0 radical (unpaired) electrons. The lowest BCUT2D eigenvalue weighted by Gasteiger charge is -2.66. The first-order chi connectivity index (χ1) is 10.3. The summed E-state index contributed by atoms with van der Waals surface area (Å²) in [5, 5.41) is 5.88. The molecule has 0 saturated carbocycles. The Labute approximate surface area is 133 Å². The molecule has 2 atom stereocenters. The molecule has 0 saturated heterocycles. The maximum atomic E-state index is 12.6. The van der Waals surface area contributed by atoms with Crippen molar-refractivity contribution in [1.29, 1.82) is 0 Å². The second kappa shape index (κ2) is 5.56. The summed E-state index contributed by atoms with van der Waals surface area (Å²) in [6, 6.07) is 0. The molecule has 0 fully saturated rings. The molecule has 2 rings (SSSR count). The van der Waals surface area contributed by atoms with Crippen molar-refractivity contribution >= 4 is 11.8 Å². The summed E-state index contributed by atoms with van der Waals surface area (Å²) in [5.41, 5.74) is 3.19. The third-order valence-corrected chi connectivity index (χ3v) is 5.84. The van der Waals surface area contributed by atoms with E-state index < -0.39 is 0 Å². The van der Waals surface area contributed by atoms with Gasteiger partial charge in [0, 0.05) is 35.1 Å². The molecule has 2 aliphatic rings. The summed E-state index contributed by atoms with van der Waals surface area (Å²) in [4.78, 5) is 25.2. The molecule has 4 heteroatoms. The second-order valence-electron chi connectivity index (χ2n) is 6.76. The number of fused-ring (bicyclic) bond motifs is 1. The van der Waals surface area contributed by atoms with Crippen LogP contribution < -0.4 is 10.6 Å². The molecule has 0 aromatic carbocycles. The van der Waals surface area contributed by atoms with Crippen molar-refractivity contribution in [2.45, 2.75) is 54.4 Å². The van der Waals surface area contributed by atoms with Gasteiger partial charge in [0.05, 0.1) is 0 Å². The van der Waals surface area contributed by atoms with E-state index in [0.717, 1.165) is 12.8 Å². The smallest absolute Gasteiger partial charge is 0.248 e. The summed E-state index contributed by atoms with van der Waals surface area (Å²) >= 11 is 0. The Morgan fingerprint density at radius 3 is 1.41 bits per heavy atom. The Bertz CT molecular complexity index is 538. The van der Waals surface area contributed by atoms with Gasteiger partial charge >= 0.3 is 0 Å². The predicted octanol–water partition coefficient (Wildman–Crippen LogP) is 2.71. The highest BCUT2D eigenvalue weighted by Gasteiger charge is 2.70. The lowest BCUT2D eigenvalue weighted by molar-refractivity contribution is -0.126.